The minimum absolute atomic E-state index is 0.140. The molecule has 0 unspecified atom stereocenters. The third-order valence-corrected chi connectivity index (χ3v) is 6.94. The molecule has 1 heterocycles. The van der Waals surface area contributed by atoms with E-state index in [4.69, 9.17) is 4.74 Å². The summed E-state index contributed by atoms with van der Waals surface area (Å²) >= 11 is 0. The van der Waals surface area contributed by atoms with Gasteiger partial charge in [-0.15, -0.1) is 0 Å². The zero-order valence-corrected chi connectivity index (χ0v) is 23.3. The summed E-state index contributed by atoms with van der Waals surface area (Å²) in [5, 5.41) is 2.80. The summed E-state index contributed by atoms with van der Waals surface area (Å²) in [5.41, 5.74) is 1.15. The van der Waals surface area contributed by atoms with E-state index < -0.39 is 29.7 Å². The van der Waals surface area contributed by atoms with Crippen LogP contribution in [0.15, 0.2) is 78.9 Å². The number of rotatable bonds is 8. The van der Waals surface area contributed by atoms with Gasteiger partial charge in [0.2, 0.25) is 5.91 Å². The van der Waals surface area contributed by atoms with Crippen molar-refractivity contribution in [1.82, 2.24) is 4.90 Å². The molecule has 0 aliphatic carbocycles. The molecule has 0 aromatic heterocycles. The van der Waals surface area contributed by atoms with E-state index in [0.29, 0.717) is 42.4 Å². The highest BCUT2D eigenvalue weighted by atomic mass is 19.3. The van der Waals surface area contributed by atoms with Crippen molar-refractivity contribution in [2.24, 2.45) is 0 Å². The number of benzene rings is 3. The highest BCUT2D eigenvalue weighted by Gasteiger charge is 2.41. The van der Waals surface area contributed by atoms with Crippen molar-refractivity contribution in [2.75, 3.05) is 36.5 Å². The van der Waals surface area contributed by atoms with Crippen LogP contribution < -0.4 is 15.0 Å². The largest absolute Gasteiger partial charge is 0.493 e. The molecule has 7 nitrogen and oxygen atoms in total. The van der Waals surface area contributed by atoms with Gasteiger partial charge in [0, 0.05) is 54.5 Å². The van der Waals surface area contributed by atoms with Gasteiger partial charge in [0.15, 0.2) is 0 Å². The normalized spacial score (nSPS) is 15.0. The van der Waals surface area contributed by atoms with Crippen molar-refractivity contribution in [1.29, 1.82) is 0 Å². The molecule has 0 radical (unpaired) electrons. The number of ether oxygens (including phenoxy) is 1. The smallest absolute Gasteiger partial charge is 0.275 e. The van der Waals surface area contributed by atoms with Crippen LogP contribution in [-0.4, -0.2) is 54.8 Å². The van der Waals surface area contributed by atoms with Crippen LogP contribution >= 0.6 is 0 Å². The molecule has 41 heavy (non-hydrogen) atoms. The van der Waals surface area contributed by atoms with Gasteiger partial charge in [-0.3, -0.25) is 14.4 Å². The topological polar surface area (TPSA) is 79.0 Å². The maximum Gasteiger partial charge on any atom is 0.275 e. The Hall–Kier alpha value is -4.53. The molecule has 0 atom stereocenters. The Bertz CT molecular complexity index is 1450. The van der Waals surface area contributed by atoms with Gasteiger partial charge in [0.05, 0.1) is 17.9 Å². The van der Waals surface area contributed by atoms with Gasteiger partial charge in [-0.1, -0.05) is 30.3 Å². The molecule has 0 saturated heterocycles. The number of carbonyl (C=O) groups excluding carboxylic acids is 3. The number of fused-ring (bicyclic) bond motifs is 1. The number of anilines is 2. The first-order valence-corrected chi connectivity index (χ1v) is 13.6. The zero-order valence-electron chi connectivity index (χ0n) is 23.3. The van der Waals surface area contributed by atoms with Gasteiger partial charge in [-0.2, -0.15) is 0 Å². The molecule has 1 aliphatic rings. The van der Waals surface area contributed by atoms with Gasteiger partial charge in [-0.25, -0.2) is 8.78 Å². The first-order valence-electron chi connectivity index (χ1n) is 13.6. The quantitative estimate of drug-likeness (QED) is 0.329. The molecule has 214 valence electrons. The molecule has 0 spiro atoms. The van der Waals surface area contributed by atoms with Crippen molar-refractivity contribution in [3.8, 4) is 5.75 Å². The maximum atomic E-state index is 15.4. The Morgan fingerprint density at radius 2 is 1.61 bits per heavy atom. The summed E-state index contributed by atoms with van der Waals surface area (Å²) in [4.78, 5) is 42.0. The molecule has 1 N–H and O–H groups in total. The van der Waals surface area contributed by atoms with Crippen molar-refractivity contribution in [3.05, 3.63) is 95.6 Å². The molecule has 3 aromatic rings. The second-order valence-corrected chi connectivity index (χ2v) is 9.46. The standard InChI is InChI=1S/C32H33F2N3O4/c1-4-36(5-2)29(38)21-26-24-11-7-9-13-27(24)37(20-19-32(26,33)34)31(40)22-15-17-23(18-16-22)35-30(39)25-12-8-10-14-28(25)41-6-3/h7-18,21H,4-6,19-20H2,1-3H3,(H,35,39). The Kier molecular flexibility index (Phi) is 9.17. The van der Waals surface area contributed by atoms with Gasteiger partial charge >= 0.3 is 0 Å². The first kappa shape index (κ1) is 29.5. The predicted molar refractivity (Wildman–Crippen MR) is 156 cm³/mol. The Labute approximate surface area is 238 Å². The third-order valence-electron chi connectivity index (χ3n) is 6.94. The first-order chi connectivity index (χ1) is 19.7. The lowest BCUT2D eigenvalue weighted by molar-refractivity contribution is -0.125. The summed E-state index contributed by atoms with van der Waals surface area (Å²) in [5.74, 6) is -4.19. The number of allylic oxidation sites excluding steroid dienone is 1. The lowest BCUT2D eigenvalue weighted by Crippen LogP contribution is -2.33. The number of likely N-dealkylation sites (N-methyl/N-ethyl adjacent to an activating group) is 1. The molecule has 9 heteroatoms. The van der Waals surface area contributed by atoms with Crippen LogP contribution in [0, 0.1) is 0 Å². The number of alkyl halides is 2. The fourth-order valence-corrected chi connectivity index (χ4v) is 4.77. The van der Waals surface area contributed by atoms with Crippen LogP contribution in [-0.2, 0) is 4.79 Å². The molecule has 1 aliphatic heterocycles. The number of para-hydroxylation sites is 2. The van der Waals surface area contributed by atoms with Crippen LogP contribution in [0.4, 0.5) is 20.2 Å². The maximum absolute atomic E-state index is 15.4. The van der Waals surface area contributed by atoms with Crippen LogP contribution in [0.2, 0.25) is 0 Å². The minimum atomic E-state index is -3.32. The average molecular weight is 562 g/mol. The Morgan fingerprint density at radius 3 is 2.29 bits per heavy atom. The van der Waals surface area contributed by atoms with Gasteiger partial charge in [-0.05, 0) is 63.2 Å². The van der Waals surface area contributed by atoms with E-state index in [1.807, 2.05) is 6.92 Å². The van der Waals surface area contributed by atoms with Gasteiger partial charge in [0.25, 0.3) is 17.7 Å². The number of halogens is 2. The number of nitrogens with one attached hydrogen (secondary N) is 1. The minimum Gasteiger partial charge on any atom is -0.493 e. The van der Waals surface area contributed by atoms with Crippen LogP contribution in [0.5, 0.6) is 5.75 Å². The fourth-order valence-electron chi connectivity index (χ4n) is 4.77. The van der Waals surface area contributed by atoms with Crippen molar-refractivity contribution in [3.63, 3.8) is 0 Å². The Balaban J connectivity index is 1.60. The SMILES string of the molecule is CCOc1ccccc1C(=O)Nc1ccc(C(=O)N2CCC(F)(F)C(=CC(=O)N(CC)CC)c3ccccc32)cc1. The highest BCUT2D eigenvalue weighted by Crippen LogP contribution is 2.43. The van der Waals surface area contributed by atoms with Crippen LogP contribution in [0.3, 0.4) is 0 Å². The molecule has 4 rings (SSSR count). The summed E-state index contributed by atoms with van der Waals surface area (Å²) in [6.45, 7) is 6.37. The van der Waals surface area contributed by atoms with E-state index in [9.17, 15) is 14.4 Å². The highest BCUT2D eigenvalue weighted by molar-refractivity contribution is 6.10. The second-order valence-electron chi connectivity index (χ2n) is 9.46. The summed E-state index contributed by atoms with van der Waals surface area (Å²) < 4.78 is 36.4. The third kappa shape index (κ3) is 6.45. The van der Waals surface area contributed by atoms with E-state index >= 15 is 8.78 Å². The lowest BCUT2D eigenvalue weighted by atomic mass is 9.96. The molecule has 3 aromatic carbocycles. The molecule has 0 bridgehead atoms. The average Bonchev–Trinajstić information content (AvgIpc) is 3.08. The number of nitrogens with zero attached hydrogens (tertiary/aromatic N) is 2. The van der Waals surface area contributed by atoms with E-state index in [0.717, 1.165) is 6.08 Å². The monoisotopic (exact) mass is 561 g/mol. The van der Waals surface area contributed by atoms with E-state index in [1.54, 1.807) is 80.6 Å². The molecule has 0 fully saturated rings. The van der Waals surface area contributed by atoms with E-state index in [1.165, 1.54) is 15.9 Å². The molecular formula is C32H33F2N3O4. The lowest BCUT2D eigenvalue weighted by Gasteiger charge is -2.23. The number of amides is 3. The molecular weight excluding hydrogens is 528 g/mol. The van der Waals surface area contributed by atoms with Crippen molar-refractivity contribution in [2.45, 2.75) is 33.1 Å². The molecule has 0 saturated carbocycles. The van der Waals surface area contributed by atoms with E-state index in [2.05, 4.69) is 5.32 Å². The number of hydrogen-bond donors (Lipinski definition) is 1. The predicted octanol–water partition coefficient (Wildman–Crippen LogP) is 6.28. The van der Waals surface area contributed by atoms with Gasteiger partial charge in [0.1, 0.15) is 5.75 Å². The molecule has 3 amide bonds. The van der Waals surface area contributed by atoms with Gasteiger partial charge < -0.3 is 19.9 Å². The summed E-state index contributed by atoms with van der Waals surface area (Å²) in [6, 6.07) is 19.5. The van der Waals surface area contributed by atoms with Crippen molar-refractivity contribution < 1.29 is 27.9 Å². The van der Waals surface area contributed by atoms with Crippen LogP contribution in [0.1, 0.15) is 53.5 Å². The number of hydrogen-bond acceptors (Lipinski definition) is 4. The second kappa shape index (κ2) is 12.8. The number of carbonyl (C=O) groups is 3. The van der Waals surface area contributed by atoms with E-state index in [-0.39, 0.29) is 23.6 Å². The fraction of sp³-hybridized carbons (Fsp3) is 0.281. The Morgan fingerprint density at radius 1 is 0.951 bits per heavy atom. The zero-order chi connectivity index (χ0) is 29.6. The summed E-state index contributed by atoms with van der Waals surface area (Å²) in [7, 11) is 0. The summed E-state index contributed by atoms with van der Waals surface area (Å²) in [6.07, 6.45) is 0.360. The van der Waals surface area contributed by atoms with Crippen LogP contribution in [0.25, 0.3) is 5.57 Å². The van der Waals surface area contributed by atoms with Crippen molar-refractivity contribution >= 4 is 34.7 Å².